The molecule has 4 aromatic rings. The molecule has 4 rings (SSSR count). The highest BCUT2D eigenvalue weighted by Crippen LogP contribution is 2.17. The Labute approximate surface area is 170 Å². The van der Waals surface area contributed by atoms with Crippen LogP contribution in [0.5, 0.6) is 5.75 Å². The van der Waals surface area contributed by atoms with E-state index >= 15 is 0 Å². The second-order valence-corrected chi connectivity index (χ2v) is 6.74. The molecule has 2 heterocycles. The Balaban J connectivity index is 1.55. The lowest BCUT2D eigenvalue weighted by Gasteiger charge is -2.10. The number of hydrogen-bond acceptors (Lipinski definition) is 5. The Morgan fingerprint density at radius 2 is 1.97 bits per heavy atom. The number of aryl methyl sites for hydroxylation is 2. The standard InChI is InChI=1S/C21H18FN5O3/c1-13-7-8-15(9-14(13)2)27-20-16(10-24-27)21(29)26(12-23-20)25-19(28)11-30-18-6-4-3-5-17(18)22/h3-10,12H,11H2,1-2H3,(H,25,28). The first-order valence-corrected chi connectivity index (χ1v) is 9.14. The number of benzene rings is 2. The maximum atomic E-state index is 13.6. The summed E-state index contributed by atoms with van der Waals surface area (Å²) in [5.74, 6) is -1.27. The predicted octanol–water partition coefficient (Wildman–Crippen LogP) is 2.49. The van der Waals surface area contributed by atoms with E-state index < -0.39 is 23.9 Å². The van der Waals surface area contributed by atoms with Crippen LogP contribution in [0.1, 0.15) is 11.1 Å². The van der Waals surface area contributed by atoms with Gasteiger partial charge in [0.05, 0.1) is 11.9 Å². The number of ether oxygens (including phenoxy) is 1. The fourth-order valence-corrected chi connectivity index (χ4v) is 2.91. The van der Waals surface area contributed by atoms with Crippen molar-refractivity contribution >= 4 is 16.9 Å². The summed E-state index contributed by atoms with van der Waals surface area (Å²) < 4.78 is 21.2. The van der Waals surface area contributed by atoms with E-state index in [-0.39, 0.29) is 11.1 Å². The van der Waals surface area contributed by atoms with Crippen molar-refractivity contribution in [2.45, 2.75) is 13.8 Å². The lowest BCUT2D eigenvalue weighted by atomic mass is 10.1. The molecule has 1 amide bonds. The summed E-state index contributed by atoms with van der Waals surface area (Å²) in [6, 6.07) is 11.6. The summed E-state index contributed by atoms with van der Waals surface area (Å²) in [5.41, 5.74) is 5.27. The zero-order chi connectivity index (χ0) is 21.3. The molecular weight excluding hydrogens is 389 g/mol. The molecule has 0 atom stereocenters. The van der Waals surface area contributed by atoms with Gasteiger partial charge in [-0.3, -0.25) is 15.0 Å². The van der Waals surface area contributed by atoms with Gasteiger partial charge in [0, 0.05) is 0 Å². The van der Waals surface area contributed by atoms with Crippen molar-refractivity contribution < 1.29 is 13.9 Å². The summed E-state index contributed by atoms with van der Waals surface area (Å²) in [5, 5.41) is 4.51. The highest BCUT2D eigenvalue weighted by atomic mass is 19.1. The highest BCUT2D eigenvalue weighted by Gasteiger charge is 2.14. The van der Waals surface area contributed by atoms with Crippen molar-refractivity contribution in [1.82, 2.24) is 19.4 Å². The number of aromatic nitrogens is 4. The minimum Gasteiger partial charge on any atom is -0.481 e. The van der Waals surface area contributed by atoms with Gasteiger partial charge >= 0.3 is 0 Å². The van der Waals surface area contributed by atoms with Gasteiger partial charge in [-0.2, -0.15) is 5.10 Å². The van der Waals surface area contributed by atoms with Crippen molar-refractivity contribution in [2.75, 3.05) is 12.0 Å². The van der Waals surface area contributed by atoms with Gasteiger partial charge in [0.2, 0.25) is 0 Å². The van der Waals surface area contributed by atoms with Crippen LogP contribution in [-0.2, 0) is 4.79 Å². The van der Waals surface area contributed by atoms with Crippen LogP contribution >= 0.6 is 0 Å². The zero-order valence-corrected chi connectivity index (χ0v) is 16.3. The lowest BCUT2D eigenvalue weighted by Crippen LogP contribution is -2.35. The van der Waals surface area contributed by atoms with Crippen LogP contribution in [0, 0.1) is 19.7 Å². The van der Waals surface area contributed by atoms with Gasteiger partial charge in [-0.05, 0) is 49.2 Å². The number of hydrogen-bond donors (Lipinski definition) is 1. The zero-order valence-electron chi connectivity index (χ0n) is 16.3. The van der Waals surface area contributed by atoms with Gasteiger partial charge in [-0.15, -0.1) is 0 Å². The third-order valence-electron chi connectivity index (χ3n) is 4.66. The maximum Gasteiger partial charge on any atom is 0.283 e. The molecule has 0 unspecified atom stereocenters. The van der Waals surface area contributed by atoms with Crippen molar-refractivity contribution in [3.8, 4) is 11.4 Å². The summed E-state index contributed by atoms with van der Waals surface area (Å²) in [6.45, 7) is 3.53. The van der Waals surface area contributed by atoms with Crippen LogP contribution in [0.2, 0.25) is 0 Å². The van der Waals surface area contributed by atoms with Crippen LogP contribution in [0.3, 0.4) is 0 Å². The molecule has 0 aliphatic carbocycles. The van der Waals surface area contributed by atoms with E-state index in [9.17, 15) is 14.0 Å². The van der Waals surface area contributed by atoms with Gasteiger partial charge in [0.1, 0.15) is 11.7 Å². The van der Waals surface area contributed by atoms with Crippen molar-refractivity contribution in [1.29, 1.82) is 0 Å². The molecular formula is C21H18FN5O3. The molecule has 2 aromatic carbocycles. The second kappa shape index (κ2) is 7.78. The molecule has 0 aliphatic rings. The minimum absolute atomic E-state index is 0.0526. The average Bonchev–Trinajstić information content (AvgIpc) is 3.16. The van der Waals surface area contributed by atoms with E-state index in [2.05, 4.69) is 15.5 Å². The Kier molecular flexibility index (Phi) is 5.01. The van der Waals surface area contributed by atoms with E-state index in [1.807, 2.05) is 32.0 Å². The molecule has 0 radical (unpaired) electrons. The van der Waals surface area contributed by atoms with Crippen molar-refractivity contribution in [3.63, 3.8) is 0 Å². The first kappa shape index (κ1) is 19.3. The van der Waals surface area contributed by atoms with Crippen molar-refractivity contribution in [3.05, 3.63) is 82.3 Å². The number of fused-ring (bicyclic) bond motifs is 1. The van der Waals surface area contributed by atoms with Gasteiger partial charge < -0.3 is 4.74 Å². The summed E-state index contributed by atoms with van der Waals surface area (Å²) in [7, 11) is 0. The summed E-state index contributed by atoms with van der Waals surface area (Å²) in [6.07, 6.45) is 2.60. The van der Waals surface area contributed by atoms with Crippen LogP contribution < -0.4 is 15.7 Å². The molecule has 2 aromatic heterocycles. The normalized spacial score (nSPS) is 10.9. The number of nitrogens with zero attached hydrogens (tertiary/aromatic N) is 4. The average molecular weight is 407 g/mol. The van der Waals surface area contributed by atoms with Crippen molar-refractivity contribution in [2.24, 2.45) is 0 Å². The topological polar surface area (TPSA) is 91.0 Å². The first-order chi connectivity index (χ1) is 14.4. The quantitative estimate of drug-likeness (QED) is 0.549. The molecule has 0 saturated carbocycles. The SMILES string of the molecule is Cc1ccc(-n2ncc3c(=O)n(NC(=O)COc4ccccc4F)cnc32)cc1C. The first-order valence-electron chi connectivity index (χ1n) is 9.14. The molecule has 8 nitrogen and oxygen atoms in total. The van der Waals surface area contributed by atoms with Crippen LogP contribution in [0.4, 0.5) is 4.39 Å². The number of amides is 1. The van der Waals surface area contributed by atoms with E-state index in [0.717, 1.165) is 21.5 Å². The molecule has 0 fully saturated rings. The van der Waals surface area contributed by atoms with Crippen LogP contribution in [-0.4, -0.2) is 32.0 Å². The second-order valence-electron chi connectivity index (χ2n) is 6.74. The maximum absolute atomic E-state index is 13.6. The number of nitrogens with one attached hydrogen (secondary N) is 1. The lowest BCUT2D eigenvalue weighted by molar-refractivity contribution is -0.119. The molecule has 1 N–H and O–H groups in total. The van der Waals surface area contributed by atoms with Gasteiger partial charge in [-0.1, -0.05) is 18.2 Å². The molecule has 0 spiro atoms. The third-order valence-corrected chi connectivity index (χ3v) is 4.66. The molecule has 9 heteroatoms. The van der Waals surface area contributed by atoms with Gasteiger partial charge in [0.15, 0.2) is 23.8 Å². The van der Waals surface area contributed by atoms with E-state index in [4.69, 9.17) is 4.74 Å². The highest BCUT2D eigenvalue weighted by molar-refractivity contribution is 5.85. The molecule has 0 saturated heterocycles. The van der Waals surface area contributed by atoms with Gasteiger partial charge in [0.25, 0.3) is 11.5 Å². The number of carbonyl (C=O) groups excluding carboxylic acids is 1. The van der Waals surface area contributed by atoms with E-state index in [1.165, 1.54) is 30.7 Å². The number of rotatable bonds is 5. The monoisotopic (exact) mass is 407 g/mol. The molecule has 30 heavy (non-hydrogen) atoms. The Bertz CT molecular complexity index is 1310. The minimum atomic E-state index is -0.636. The van der Waals surface area contributed by atoms with E-state index in [0.29, 0.717) is 5.65 Å². The number of carbonyl (C=O) groups is 1. The Morgan fingerprint density at radius 3 is 2.73 bits per heavy atom. The number of para-hydroxylation sites is 1. The smallest absolute Gasteiger partial charge is 0.283 e. The summed E-state index contributed by atoms with van der Waals surface area (Å²) >= 11 is 0. The number of halogens is 1. The van der Waals surface area contributed by atoms with E-state index in [1.54, 1.807) is 10.7 Å². The van der Waals surface area contributed by atoms with Gasteiger partial charge in [-0.25, -0.2) is 18.7 Å². The third kappa shape index (κ3) is 3.64. The summed E-state index contributed by atoms with van der Waals surface area (Å²) in [4.78, 5) is 29.1. The van der Waals surface area contributed by atoms with Crippen LogP contribution in [0.25, 0.3) is 16.7 Å². The fourth-order valence-electron chi connectivity index (χ4n) is 2.91. The molecule has 152 valence electrons. The Morgan fingerprint density at radius 1 is 1.17 bits per heavy atom. The molecule has 0 bridgehead atoms. The predicted molar refractivity (Wildman–Crippen MR) is 109 cm³/mol. The largest absolute Gasteiger partial charge is 0.481 e. The Hall–Kier alpha value is -4.01. The molecule has 0 aliphatic heterocycles. The van der Waals surface area contributed by atoms with Crippen LogP contribution in [0.15, 0.2) is 59.8 Å². The fraction of sp³-hybridized carbons (Fsp3) is 0.143.